The van der Waals surface area contributed by atoms with Crippen LogP contribution in [0, 0.1) is 0 Å². The molecular formula is C52H94N2O9. The van der Waals surface area contributed by atoms with Crippen LogP contribution in [0.25, 0.3) is 0 Å². The highest BCUT2D eigenvalue weighted by atomic mass is 16.6. The molecule has 0 spiro atoms. The van der Waals surface area contributed by atoms with Gasteiger partial charge in [0.15, 0.2) is 6.10 Å². The van der Waals surface area contributed by atoms with Gasteiger partial charge in [0.1, 0.15) is 19.0 Å². The van der Waals surface area contributed by atoms with E-state index in [0.717, 1.165) is 83.5 Å². The number of allylic oxidation sites excluding steroid dienone is 4. The summed E-state index contributed by atoms with van der Waals surface area (Å²) in [5.41, 5.74) is 11.4. The van der Waals surface area contributed by atoms with Gasteiger partial charge >= 0.3 is 23.9 Å². The minimum Gasteiger partial charge on any atom is -0.466 e. The van der Waals surface area contributed by atoms with Crippen molar-refractivity contribution < 1.29 is 42.9 Å². The molecule has 0 aromatic heterocycles. The predicted molar refractivity (Wildman–Crippen MR) is 256 cm³/mol. The highest BCUT2D eigenvalue weighted by Gasteiger charge is 2.20. The standard InChI is InChI=1S/C52H94N2O9/c1-3-5-7-9-11-13-15-17-19-21-23-25-27-29-31-38-49(56)61-44-46(63-52(59)39-32-30-28-26-24-22-20-18-16-14-12-10-8-6-4-2)45-62-51(58)41-40-50(57)60-43-35-37-48(55)47(54)36-33-34-42-53/h17-20,46-47H,3-16,21-45,53-54H2,1-2H3/b19-17-,20-18-/t46-,47?/m0/s1. The molecule has 0 amide bonds. The van der Waals surface area contributed by atoms with Gasteiger partial charge in [-0.05, 0) is 90.0 Å². The molecule has 0 rings (SSSR count). The number of rotatable bonds is 47. The van der Waals surface area contributed by atoms with Crippen LogP contribution in [0.5, 0.6) is 0 Å². The number of nitrogens with two attached hydrogens (primary N) is 2. The second-order valence-corrected chi connectivity index (χ2v) is 17.3. The molecule has 0 aliphatic heterocycles. The zero-order valence-electron chi connectivity index (χ0n) is 40.4. The van der Waals surface area contributed by atoms with Gasteiger partial charge < -0.3 is 30.4 Å². The Labute approximate surface area is 384 Å². The average Bonchev–Trinajstić information content (AvgIpc) is 3.27. The fourth-order valence-electron chi connectivity index (χ4n) is 7.12. The Bertz CT molecular complexity index is 1170. The number of carbonyl (C=O) groups excluding carboxylic acids is 5. The van der Waals surface area contributed by atoms with Crippen LogP contribution >= 0.6 is 0 Å². The molecule has 4 N–H and O–H groups in total. The quantitative estimate of drug-likeness (QED) is 0.0257. The van der Waals surface area contributed by atoms with Gasteiger partial charge in [-0.1, -0.05) is 147 Å². The minimum atomic E-state index is -0.950. The molecule has 0 aliphatic carbocycles. The van der Waals surface area contributed by atoms with Crippen LogP contribution in [-0.2, 0) is 42.9 Å². The zero-order chi connectivity index (χ0) is 46.3. The Kier molecular flexibility index (Phi) is 44.7. The summed E-state index contributed by atoms with van der Waals surface area (Å²) in [5.74, 6) is -2.14. The third-order valence-electron chi connectivity index (χ3n) is 11.2. The summed E-state index contributed by atoms with van der Waals surface area (Å²) >= 11 is 0. The summed E-state index contributed by atoms with van der Waals surface area (Å²) in [4.78, 5) is 62.3. The van der Waals surface area contributed by atoms with Gasteiger partial charge in [-0.2, -0.15) is 0 Å². The SMILES string of the molecule is CCCCCCCC/C=C\CCCCCCCC(=O)OC[C@@H](COC(=O)CCC(=O)OCCCC(=O)C(N)CCCCN)OC(=O)CCCCCCC/C=C\CCCCCCCC. The van der Waals surface area contributed by atoms with E-state index in [4.69, 9.17) is 30.4 Å². The van der Waals surface area contributed by atoms with Gasteiger partial charge in [-0.25, -0.2) is 0 Å². The van der Waals surface area contributed by atoms with Crippen LogP contribution in [0.2, 0.25) is 0 Å². The molecule has 0 radical (unpaired) electrons. The van der Waals surface area contributed by atoms with Gasteiger partial charge in [-0.15, -0.1) is 0 Å². The van der Waals surface area contributed by atoms with Gasteiger partial charge in [-0.3, -0.25) is 24.0 Å². The molecule has 0 aliphatic rings. The van der Waals surface area contributed by atoms with Crippen molar-refractivity contribution in [2.75, 3.05) is 26.4 Å². The summed E-state index contributed by atoms with van der Waals surface area (Å²) in [6.45, 7) is 4.59. The minimum absolute atomic E-state index is 0.0479. The van der Waals surface area contributed by atoms with Gasteiger partial charge in [0.25, 0.3) is 0 Å². The number of hydrogen-bond acceptors (Lipinski definition) is 11. The van der Waals surface area contributed by atoms with E-state index in [2.05, 4.69) is 38.2 Å². The van der Waals surface area contributed by atoms with Gasteiger partial charge in [0, 0.05) is 19.3 Å². The molecule has 1 unspecified atom stereocenters. The number of esters is 4. The molecular weight excluding hydrogens is 797 g/mol. The molecule has 0 saturated carbocycles. The first kappa shape index (κ1) is 60.0. The Morgan fingerprint density at radius 3 is 1.29 bits per heavy atom. The molecule has 0 aromatic carbocycles. The Balaban J connectivity index is 4.56. The smallest absolute Gasteiger partial charge is 0.306 e. The molecule has 11 nitrogen and oxygen atoms in total. The lowest BCUT2D eigenvalue weighted by molar-refractivity contribution is -0.167. The van der Waals surface area contributed by atoms with E-state index in [0.29, 0.717) is 25.8 Å². The van der Waals surface area contributed by atoms with Crippen LogP contribution < -0.4 is 11.5 Å². The van der Waals surface area contributed by atoms with Crippen molar-refractivity contribution in [3.05, 3.63) is 24.3 Å². The molecule has 366 valence electrons. The van der Waals surface area contributed by atoms with Crippen molar-refractivity contribution in [2.24, 2.45) is 11.5 Å². The largest absolute Gasteiger partial charge is 0.466 e. The zero-order valence-corrected chi connectivity index (χ0v) is 40.4. The van der Waals surface area contributed by atoms with E-state index >= 15 is 0 Å². The van der Waals surface area contributed by atoms with Crippen LogP contribution in [0.4, 0.5) is 0 Å². The topological polar surface area (TPSA) is 174 Å². The number of hydrogen-bond donors (Lipinski definition) is 2. The number of ketones is 1. The van der Waals surface area contributed by atoms with Crippen molar-refractivity contribution in [3.63, 3.8) is 0 Å². The fraction of sp³-hybridized carbons (Fsp3) is 0.827. The van der Waals surface area contributed by atoms with Crippen LogP contribution in [0.3, 0.4) is 0 Å². The van der Waals surface area contributed by atoms with E-state index in [9.17, 15) is 24.0 Å². The van der Waals surface area contributed by atoms with E-state index in [1.54, 1.807) is 0 Å². The van der Waals surface area contributed by atoms with Crippen molar-refractivity contribution in [1.29, 1.82) is 0 Å². The van der Waals surface area contributed by atoms with Crippen LogP contribution in [0.15, 0.2) is 24.3 Å². The Hall–Kier alpha value is -3.05. The maximum atomic E-state index is 12.8. The summed E-state index contributed by atoms with van der Waals surface area (Å²) in [6.07, 6.45) is 41.3. The molecule has 63 heavy (non-hydrogen) atoms. The van der Waals surface area contributed by atoms with Crippen molar-refractivity contribution in [3.8, 4) is 0 Å². The lowest BCUT2D eigenvalue weighted by atomic mass is 10.0. The fourth-order valence-corrected chi connectivity index (χ4v) is 7.12. The molecule has 0 heterocycles. The molecule has 0 fully saturated rings. The van der Waals surface area contributed by atoms with E-state index in [-0.39, 0.29) is 63.7 Å². The third kappa shape index (κ3) is 44.0. The maximum Gasteiger partial charge on any atom is 0.306 e. The van der Waals surface area contributed by atoms with Crippen molar-refractivity contribution in [1.82, 2.24) is 0 Å². The van der Waals surface area contributed by atoms with Gasteiger partial charge in [0.2, 0.25) is 0 Å². The van der Waals surface area contributed by atoms with Gasteiger partial charge in [0.05, 0.1) is 25.5 Å². The monoisotopic (exact) mass is 891 g/mol. The second kappa shape index (κ2) is 46.9. The van der Waals surface area contributed by atoms with Crippen LogP contribution in [-0.4, -0.2) is 68.2 Å². The second-order valence-electron chi connectivity index (χ2n) is 17.3. The van der Waals surface area contributed by atoms with Crippen molar-refractivity contribution in [2.45, 2.75) is 251 Å². The Morgan fingerprint density at radius 1 is 0.429 bits per heavy atom. The van der Waals surface area contributed by atoms with E-state index in [1.807, 2.05) is 0 Å². The number of Topliss-reactive ketones (excluding diaryl/α,β-unsaturated/α-hetero) is 1. The molecule has 11 heteroatoms. The number of ether oxygens (including phenoxy) is 4. The molecule has 0 aromatic rings. The lowest BCUT2D eigenvalue weighted by Gasteiger charge is -2.18. The first-order valence-electron chi connectivity index (χ1n) is 25.7. The van der Waals surface area contributed by atoms with Crippen molar-refractivity contribution >= 4 is 29.7 Å². The Morgan fingerprint density at radius 2 is 0.825 bits per heavy atom. The summed E-state index contributed by atoms with van der Waals surface area (Å²) < 4.78 is 21.6. The maximum absolute atomic E-state index is 12.8. The molecule has 0 saturated heterocycles. The molecule has 0 bridgehead atoms. The number of carbonyl (C=O) groups is 5. The van der Waals surface area contributed by atoms with E-state index < -0.39 is 30.1 Å². The average molecular weight is 891 g/mol. The summed E-state index contributed by atoms with van der Waals surface area (Å²) in [7, 11) is 0. The number of unbranched alkanes of at least 4 members (excludes halogenated alkanes) is 23. The lowest BCUT2D eigenvalue weighted by Crippen LogP contribution is -2.31. The highest BCUT2D eigenvalue weighted by molar-refractivity contribution is 5.83. The first-order valence-corrected chi connectivity index (χ1v) is 25.7. The third-order valence-corrected chi connectivity index (χ3v) is 11.2. The summed E-state index contributed by atoms with van der Waals surface area (Å²) in [6, 6.07) is -0.544. The normalized spacial score (nSPS) is 12.4. The highest BCUT2D eigenvalue weighted by Crippen LogP contribution is 2.14. The van der Waals surface area contributed by atoms with E-state index in [1.165, 1.54) is 89.9 Å². The summed E-state index contributed by atoms with van der Waals surface area (Å²) in [5, 5.41) is 0. The predicted octanol–water partition coefficient (Wildman–Crippen LogP) is 12.2. The first-order chi connectivity index (χ1) is 30.7. The molecule has 2 atom stereocenters. The van der Waals surface area contributed by atoms with Crippen LogP contribution in [0.1, 0.15) is 239 Å².